The number of nitrogens with one attached hydrogen (secondary N) is 2. The fourth-order valence-electron chi connectivity index (χ4n) is 4.34. The number of para-hydroxylation sites is 1. The van der Waals surface area contributed by atoms with E-state index in [2.05, 4.69) is 10.6 Å². The maximum atomic E-state index is 13.5. The Kier molecular flexibility index (Phi) is 10.5. The first-order valence-electron chi connectivity index (χ1n) is 13.3. The number of aliphatic hydroxyl groups is 1. The molecule has 0 saturated heterocycles. The number of aliphatic hydroxyl groups excluding tert-OH is 1. The number of fused-ring (bicyclic) bond motifs is 1. The highest BCUT2D eigenvalue weighted by atomic mass is 19.4. The number of alkyl halides is 6. The monoisotopic (exact) mass is 618 g/mol. The number of urea groups is 1. The molecule has 4 amide bonds. The van der Waals surface area contributed by atoms with Crippen molar-refractivity contribution in [1.29, 1.82) is 0 Å². The quantitative estimate of drug-likeness (QED) is 0.345. The molecule has 2 aromatic carbocycles. The second-order valence-electron chi connectivity index (χ2n) is 10.4. The number of anilines is 2. The van der Waals surface area contributed by atoms with Crippen molar-refractivity contribution in [2.24, 2.45) is 5.92 Å². The molecule has 0 spiro atoms. The zero-order chi connectivity index (χ0) is 32.1. The van der Waals surface area contributed by atoms with Gasteiger partial charge in [-0.15, -0.1) is 0 Å². The van der Waals surface area contributed by atoms with Gasteiger partial charge in [-0.25, -0.2) is 4.79 Å². The molecule has 2 aromatic rings. The van der Waals surface area contributed by atoms with Crippen LogP contribution >= 0.6 is 0 Å². The molecule has 1 aliphatic rings. The molecule has 0 radical (unpaired) electrons. The van der Waals surface area contributed by atoms with Crippen LogP contribution in [0.15, 0.2) is 42.5 Å². The van der Waals surface area contributed by atoms with Gasteiger partial charge in [-0.05, 0) is 43.3 Å². The van der Waals surface area contributed by atoms with Crippen LogP contribution in [-0.4, -0.2) is 77.8 Å². The number of benzene rings is 2. The minimum absolute atomic E-state index is 0.0114. The van der Waals surface area contributed by atoms with Crippen molar-refractivity contribution < 1.29 is 50.6 Å². The highest BCUT2D eigenvalue weighted by Crippen LogP contribution is 2.35. The van der Waals surface area contributed by atoms with Gasteiger partial charge in [-0.2, -0.15) is 26.3 Å². The summed E-state index contributed by atoms with van der Waals surface area (Å²) < 4.78 is 82.8. The third kappa shape index (κ3) is 8.99. The number of ether oxygens (including phenoxy) is 1. The third-order valence-electron chi connectivity index (χ3n) is 6.86. The molecule has 43 heavy (non-hydrogen) atoms. The summed E-state index contributed by atoms with van der Waals surface area (Å²) in [5.41, 5.74) is -0.834. The largest absolute Gasteiger partial charge is 0.485 e. The maximum absolute atomic E-state index is 13.5. The summed E-state index contributed by atoms with van der Waals surface area (Å²) in [5, 5.41) is 14.7. The van der Waals surface area contributed by atoms with Gasteiger partial charge >= 0.3 is 18.4 Å². The van der Waals surface area contributed by atoms with Crippen molar-refractivity contribution in [2.75, 3.05) is 37.4 Å². The summed E-state index contributed by atoms with van der Waals surface area (Å²) in [6.45, 7) is 2.98. The van der Waals surface area contributed by atoms with E-state index in [0.717, 1.165) is 24.3 Å². The number of nitrogens with zero attached hydrogens (tertiary/aromatic N) is 2. The van der Waals surface area contributed by atoms with E-state index < -0.39 is 66.7 Å². The molecule has 0 aromatic heterocycles. The number of hydrogen-bond donors (Lipinski definition) is 3. The third-order valence-corrected chi connectivity index (χ3v) is 6.86. The Morgan fingerprint density at radius 1 is 1.09 bits per heavy atom. The summed E-state index contributed by atoms with van der Waals surface area (Å²) in [4.78, 5) is 41.3. The minimum Gasteiger partial charge on any atom is -0.485 e. The minimum atomic E-state index is -4.55. The molecule has 0 saturated carbocycles. The molecule has 1 heterocycles. The van der Waals surface area contributed by atoms with E-state index in [0.29, 0.717) is 0 Å². The highest BCUT2D eigenvalue weighted by molar-refractivity contribution is 6.01. The zero-order valence-electron chi connectivity index (χ0n) is 23.6. The van der Waals surface area contributed by atoms with Crippen molar-refractivity contribution in [1.82, 2.24) is 9.80 Å². The number of rotatable bonds is 8. The highest BCUT2D eigenvalue weighted by Gasteiger charge is 2.36. The molecule has 3 N–H and O–H groups in total. The van der Waals surface area contributed by atoms with E-state index in [9.17, 15) is 45.8 Å². The summed E-state index contributed by atoms with van der Waals surface area (Å²) in [6, 6.07) is 6.74. The lowest BCUT2D eigenvalue weighted by Crippen LogP contribution is -2.50. The Morgan fingerprint density at radius 2 is 1.74 bits per heavy atom. The van der Waals surface area contributed by atoms with Gasteiger partial charge in [0.05, 0.1) is 42.4 Å². The fraction of sp³-hybridized carbons (Fsp3) is 0.464. The molecule has 1 aliphatic heterocycles. The number of likely N-dealkylation sites (N-methyl/N-ethyl adjacent to an activating group) is 1. The van der Waals surface area contributed by atoms with Crippen LogP contribution in [-0.2, 0) is 11.0 Å². The second kappa shape index (κ2) is 13.5. The van der Waals surface area contributed by atoms with Crippen LogP contribution in [0.3, 0.4) is 0 Å². The second-order valence-corrected chi connectivity index (χ2v) is 10.4. The summed E-state index contributed by atoms with van der Waals surface area (Å²) in [6.07, 6.45) is -12.1. The van der Waals surface area contributed by atoms with Gasteiger partial charge in [-0.3, -0.25) is 9.59 Å². The van der Waals surface area contributed by atoms with E-state index in [-0.39, 0.29) is 42.4 Å². The molecule has 0 fully saturated rings. The van der Waals surface area contributed by atoms with Crippen LogP contribution in [0.2, 0.25) is 0 Å². The van der Waals surface area contributed by atoms with Crippen LogP contribution in [0.1, 0.15) is 42.6 Å². The average Bonchev–Trinajstić information content (AvgIpc) is 2.93. The summed E-state index contributed by atoms with van der Waals surface area (Å²) >= 11 is 0. The molecular weight excluding hydrogens is 586 g/mol. The van der Waals surface area contributed by atoms with Gasteiger partial charge in [0, 0.05) is 31.6 Å². The normalized spacial score (nSPS) is 18.1. The van der Waals surface area contributed by atoms with Crippen molar-refractivity contribution in [3.8, 4) is 5.75 Å². The summed E-state index contributed by atoms with van der Waals surface area (Å²) in [5.74, 6) is -2.08. The Bertz CT molecular complexity index is 1300. The van der Waals surface area contributed by atoms with E-state index in [1.54, 1.807) is 13.8 Å². The lowest BCUT2D eigenvalue weighted by molar-refractivity contribution is -0.142. The molecule has 236 valence electrons. The maximum Gasteiger partial charge on any atom is 0.416 e. The van der Waals surface area contributed by atoms with E-state index in [1.165, 1.54) is 35.0 Å². The predicted octanol–water partition coefficient (Wildman–Crippen LogP) is 5.37. The van der Waals surface area contributed by atoms with Gasteiger partial charge in [-0.1, -0.05) is 13.0 Å². The first kappa shape index (κ1) is 33.5. The molecule has 0 aliphatic carbocycles. The molecule has 0 unspecified atom stereocenters. The molecular formula is C28H32F6N4O5. The lowest BCUT2D eigenvalue weighted by Gasteiger charge is -2.38. The lowest BCUT2D eigenvalue weighted by atomic mass is 9.99. The Hall–Kier alpha value is -4.01. The van der Waals surface area contributed by atoms with Crippen molar-refractivity contribution in [2.45, 2.75) is 51.2 Å². The SMILES string of the molecule is C[C@H](CO)N1C[C@H](C)[C@@H](CN(C)C(=O)Nc2ccc(C(F)(F)F)cc2)Oc2c(NC(=O)CCC(F)(F)F)cccc2C1=O. The fourth-order valence-corrected chi connectivity index (χ4v) is 4.34. The molecule has 9 nitrogen and oxygen atoms in total. The van der Waals surface area contributed by atoms with E-state index >= 15 is 0 Å². The Balaban J connectivity index is 1.87. The van der Waals surface area contributed by atoms with Crippen LogP contribution in [0.4, 0.5) is 42.5 Å². The number of amides is 4. The molecule has 15 heteroatoms. The molecule has 0 bridgehead atoms. The molecule has 3 rings (SSSR count). The zero-order valence-corrected chi connectivity index (χ0v) is 23.6. The van der Waals surface area contributed by atoms with Crippen LogP contribution in [0.25, 0.3) is 0 Å². The topological polar surface area (TPSA) is 111 Å². The average molecular weight is 619 g/mol. The van der Waals surface area contributed by atoms with Crippen molar-refractivity contribution in [3.05, 3.63) is 53.6 Å². The first-order chi connectivity index (χ1) is 20.0. The predicted molar refractivity (Wildman–Crippen MR) is 145 cm³/mol. The van der Waals surface area contributed by atoms with Crippen molar-refractivity contribution in [3.63, 3.8) is 0 Å². The summed E-state index contributed by atoms with van der Waals surface area (Å²) in [7, 11) is 1.42. The standard InChI is InChI=1S/C28H32F6N4O5/c1-16-13-38(17(2)15-39)25(41)20-5-4-6-21(36-23(40)11-12-27(29,30)31)24(20)43-22(16)14-37(3)26(42)35-19-9-7-18(8-10-19)28(32,33)34/h4-10,16-17,22,39H,11-15H2,1-3H3,(H,35,42)(H,36,40)/t16-,17+,22+/m0/s1. The number of hydrogen-bond acceptors (Lipinski definition) is 5. The smallest absolute Gasteiger partial charge is 0.416 e. The van der Waals surface area contributed by atoms with Crippen molar-refractivity contribution >= 4 is 29.2 Å². The number of carbonyl (C=O) groups excluding carboxylic acids is 3. The van der Waals surface area contributed by atoms with E-state index in [1.807, 2.05) is 0 Å². The first-order valence-corrected chi connectivity index (χ1v) is 13.3. The van der Waals surface area contributed by atoms with Gasteiger partial charge in [0.25, 0.3) is 5.91 Å². The van der Waals surface area contributed by atoms with Gasteiger partial charge < -0.3 is 30.3 Å². The molecule has 3 atom stereocenters. The van der Waals surface area contributed by atoms with Gasteiger partial charge in [0.1, 0.15) is 6.10 Å². The Morgan fingerprint density at radius 3 is 2.33 bits per heavy atom. The van der Waals surface area contributed by atoms with Gasteiger partial charge in [0.2, 0.25) is 5.91 Å². The number of halogens is 6. The number of carbonyl (C=O) groups is 3. The van der Waals surface area contributed by atoms with E-state index in [4.69, 9.17) is 4.74 Å². The van der Waals surface area contributed by atoms with Crippen LogP contribution in [0, 0.1) is 5.92 Å². The van der Waals surface area contributed by atoms with Gasteiger partial charge in [0.15, 0.2) is 5.75 Å². The van der Waals surface area contributed by atoms with Crippen LogP contribution < -0.4 is 15.4 Å². The Labute approximate surface area is 243 Å². The van der Waals surface area contributed by atoms with Crippen LogP contribution in [0.5, 0.6) is 5.75 Å².